The van der Waals surface area contributed by atoms with Crippen LogP contribution in [0, 0.1) is 11.6 Å². The van der Waals surface area contributed by atoms with Gasteiger partial charge in [-0.25, -0.2) is 8.78 Å². The molecular formula is C16H16F2N2O. The Bertz CT molecular complexity index is 656. The van der Waals surface area contributed by atoms with Crippen molar-refractivity contribution in [3.63, 3.8) is 0 Å². The van der Waals surface area contributed by atoms with Gasteiger partial charge in [0.05, 0.1) is 17.8 Å². The van der Waals surface area contributed by atoms with Crippen LogP contribution in [0.4, 0.5) is 20.2 Å². The number of nitrogens with one attached hydrogen (secondary N) is 1. The van der Waals surface area contributed by atoms with Gasteiger partial charge in [0.15, 0.2) is 0 Å². The fraction of sp³-hybridized carbons (Fsp3) is 0.188. The van der Waals surface area contributed by atoms with Crippen molar-refractivity contribution >= 4 is 17.3 Å². The lowest BCUT2D eigenvalue weighted by atomic mass is 10.1. The SMILES string of the molecule is CN(C)c1ccc(F)cc1NC(=O)Cc1ccccc1F. The van der Waals surface area contributed by atoms with Gasteiger partial charge in [0.25, 0.3) is 0 Å². The van der Waals surface area contributed by atoms with Gasteiger partial charge in [0, 0.05) is 14.1 Å². The smallest absolute Gasteiger partial charge is 0.228 e. The van der Waals surface area contributed by atoms with Crippen LogP contribution in [0.25, 0.3) is 0 Å². The van der Waals surface area contributed by atoms with Crippen LogP contribution >= 0.6 is 0 Å². The first kappa shape index (κ1) is 15.0. The van der Waals surface area contributed by atoms with E-state index in [4.69, 9.17) is 0 Å². The molecule has 0 heterocycles. The van der Waals surface area contributed by atoms with E-state index in [0.717, 1.165) is 0 Å². The summed E-state index contributed by atoms with van der Waals surface area (Å²) in [5.74, 6) is -1.27. The Hall–Kier alpha value is -2.43. The van der Waals surface area contributed by atoms with Crippen molar-refractivity contribution in [2.24, 2.45) is 0 Å². The van der Waals surface area contributed by atoms with E-state index in [2.05, 4.69) is 5.32 Å². The second kappa shape index (κ2) is 6.35. The molecule has 0 atom stereocenters. The number of benzene rings is 2. The molecular weight excluding hydrogens is 274 g/mol. The van der Waals surface area contributed by atoms with Gasteiger partial charge in [-0.15, -0.1) is 0 Å². The number of halogens is 2. The van der Waals surface area contributed by atoms with Crippen LogP contribution in [0.3, 0.4) is 0 Å². The van der Waals surface area contributed by atoms with Crippen molar-refractivity contribution in [3.05, 3.63) is 59.7 Å². The molecule has 0 unspecified atom stereocenters. The summed E-state index contributed by atoms with van der Waals surface area (Å²) in [5.41, 5.74) is 1.34. The molecule has 0 fully saturated rings. The highest BCUT2D eigenvalue weighted by Crippen LogP contribution is 2.25. The van der Waals surface area contributed by atoms with E-state index in [1.807, 2.05) is 0 Å². The molecule has 3 nitrogen and oxygen atoms in total. The van der Waals surface area contributed by atoms with Gasteiger partial charge >= 0.3 is 0 Å². The summed E-state index contributed by atoms with van der Waals surface area (Å²) in [6.07, 6.45) is -0.101. The lowest BCUT2D eigenvalue weighted by Gasteiger charge is -2.18. The molecule has 0 spiro atoms. The molecule has 0 aliphatic heterocycles. The van der Waals surface area contributed by atoms with Crippen LogP contribution in [0.15, 0.2) is 42.5 Å². The van der Waals surface area contributed by atoms with Crippen LogP contribution < -0.4 is 10.2 Å². The molecule has 0 aliphatic carbocycles. The quantitative estimate of drug-likeness (QED) is 0.937. The standard InChI is InChI=1S/C16H16F2N2O/c1-20(2)15-8-7-12(17)10-14(15)19-16(21)9-11-5-3-4-6-13(11)18/h3-8,10H,9H2,1-2H3,(H,19,21). The van der Waals surface area contributed by atoms with Crippen molar-refractivity contribution in [1.82, 2.24) is 0 Å². The largest absolute Gasteiger partial charge is 0.376 e. The normalized spacial score (nSPS) is 10.3. The number of carbonyl (C=O) groups is 1. The van der Waals surface area contributed by atoms with Crippen molar-refractivity contribution < 1.29 is 13.6 Å². The molecule has 5 heteroatoms. The first-order valence-corrected chi connectivity index (χ1v) is 6.47. The fourth-order valence-corrected chi connectivity index (χ4v) is 2.01. The van der Waals surface area contributed by atoms with E-state index < -0.39 is 17.5 Å². The molecule has 0 aliphatic rings. The molecule has 1 N–H and O–H groups in total. The Morgan fingerprint density at radius 3 is 2.52 bits per heavy atom. The summed E-state index contributed by atoms with van der Waals surface area (Å²) < 4.78 is 26.8. The minimum Gasteiger partial charge on any atom is -0.376 e. The molecule has 0 saturated heterocycles. The summed E-state index contributed by atoms with van der Waals surface area (Å²) in [4.78, 5) is 13.8. The van der Waals surface area contributed by atoms with Crippen LogP contribution in [0.1, 0.15) is 5.56 Å². The number of hydrogen-bond donors (Lipinski definition) is 1. The maximum atomic E-state index is 13.5. The van der Waals surface area contributed by atoms with Crippen LogP contribution in [-0.2, 0) is 11.2 Å². The zero-order valence-corrected chi connectivity index (χ0v) is 11.9. The summed E-state index contributed by atoms with van der Waals surface area (Å²) >= 11 is 0. The lowest BCUT2D eigenvalue weighted by molar-refractivity contribution is -0.115. The highest BCUT2D eigenvalue weighted by molar-refractivity contribution is 5.95. The first-order valence-electron chi connectivity index (χ1n) is 6.47. The van der Waals surface area contributed by atoms with Gasteiger partial charge < -0.3 is 10.2 Å². The van der Waals surface area contributed by atoms with Gasteiger partial charge in [0.1, 0.15) is 11.6 Å². The number of hydrogen-bond acceptors (Lipinski definition) is 2. The van der Waals surface area contributed by atoms with Crippen molar-refractivity contribution in [3.8, 4) is 0 Å². The van der Waals surface area contributed by atoms with Gasteiger partial charge in [-0.2, -0.15) is 0 Å². The lowest BCUT2D eigenvalue weighted by Crippen LogP contribution is -2.18. The predicted octanol–water partition coefficient (Wildman–Crippen LogP) is 3.21. The Kier molecular flexibility index (Phi) is 4.52. The van der Waals surface area contributed by atoms with Crippen LogP contribution in [0.5, 0.6) is 0 Å². The molecule has 0 saturated carbocycles. The first-order chi connectivity index (χ1) is 9.97. The predicted molar refractivity (Wildman–Crippen MR) is 79.5 cm³/mol. The number of anilines is 2. The third kappa shape index (κ3) is 3.78. The molecule has 0 bridgehead atoms. The fourth-order valence-electron chi connectivity index (χ4n) is 2.01. The Morgan fingerprint density at radius 1 is 1.14 bits per heavy atom. The number of nitrogens with zero attached hydrogens (tertiary/aromatic N) is 1. The zero-order valence-electron chi connectivity index (χ0n) is 11.9. The van der Waals surface area contributed by atoms with Crippen LogP contribution in [-0.4, -0.2) is 20.0 Å². The Morgan fingerprint density at radius 2 is 1.86 bits per heavy atom. The molecule has 0 radical (unpaired) electrons. The minimum atomic E-state index is -0.443. The van der Waals surface area contributed by atoms with E-state index in [0.29, 0.717) is 16.9 Å². The maximum absolute atomic E-state index is 13.5. The molecule has 1 amide bonds. The van der Waals surface area contributed by atoms with Gasteiger partial charge in [-0.3, -0.25) is 4.79 Å². The third-order valence-corrected chi connectivity index (χ3v) is 3.02. The average Bonchev–Trinajstić information content (AvgIpc) is 2.41. The molecule has 2 aromatic rings. The topological polar surface area (TPSA) is 32.3 Å². The highest BCUT2D eigenvalue weighted by atomic mass is 19.1. The number of carbonyl (C=O) groups excluding carboxylic acids is 1. The average molecular weight is 290 g/mol. The van der Waals surface area contributed by atoms with Gasteiger partial charge in [-0.1, -0.05) is 18.2 Å². The van der Waals surface area contributed by atoms with E-state index in [9.17, 15) is 13.6 Å². The second-order valence-electron chi connectivity index (χ2n) is 4.87. The molecule has 2 aromatic carbocycles. The van der Waals surface area contributed by atoms with Crippen molar-refractivity contribution in [2.45, 2.75) is 6.42 Å². The zero-order chi connectivity index (χ0) is 15.4. The van der Waals surface area contributed by atoms with Crippen molar-refractivity contribution in [1.29, 1.82) is 0 Å². The number of amides is 1. The second-order valence-corrected chi connectivity index (χ2v) is 4.87. The van der Waals surface area contributed by atoms with E-state index in [-0.39, 0.29) is 6.42 Å². The van der Waals surface area contributed by atoms with E-state index in [1.54, 1.807) is 43.3 Å². The Balaban J connectivity index is 2.16. The summed E-state index contributed by atoms with van der Waals surface area (Å²) in [6.45, 7) is 0. The summed E-state index contributed by atoms with van der Waals surface area (Å²) in [6, 6.07) is 10.2. The summed E-state index contributed by atoms with van der Waals surface area (Å²) in [5, 5.41) is 2.62. The maximum Gasteiger partial charge on any atom is 0.228 e. The monoisotopic (exact) mass is 290 g/mol. The Labute approximate surface area is 122 Å². The minimum absolute atomic E-state index is 0.101. The van der Waals surface area contributed by atoms with E-state index >= 15 is 0 Å². The summed E-state index contributed by atoms with van der Waals surface area (Å²) in [7, 11) is 3.58. The third-order valence-electron chi connectivity index (χ3n) is 3.02. The van der Waals surface area contributed by atoms with E-state index in [1.165, 1.54) is 18.2 Å². The molecule has 0 aromatic heterocycles. The molecule has 21 heavy (non-hydrogen) atoms. The number of rotatable bonds is 4. The molecule has 110 valence electrons. The van der Waals surface area contributed by atoms with Gasteiger partial charge in [0.2, 0.25) is 5.91 Å². The van der Waals surface area contributed by atoms with Crippen molar-refractivity contribution in [2.75, 3.05) is 24.3 Å². The van der Waals surface area contributed by atoms with Crippen LogP contribution in [0.2, 0.25) is 0 Å². The van der Waals surface area contributed by atoms with Gasteiger partial charge in [-0.05, 0) is 29.8 Å². The highest BCUT2D eigenvalue weighted by Gasteiger charge is 2.12. The molecule has 2 rings (SSSR count).